The SMILES string of the molecule is CN=C(NCCc1cccc2cccnc12)N(C)Cc1ccccc1OC. The van der Waals surface area contributed by atoms with Crippen LogP contribution in [0.1, 0.15) is 11.1 Å². The topological polar surface area (TPSA) is 49.8 Å². The Morgan fingerprint density at radius 3 is 2.67 bits per heavy atom. The summed E-state index contributed by atoms with van der Waals surface area (Å²) in [5.41, 5.74) is 3.44. The fourth-order valence-electron chi connectivity index (χ4n) is 3.23. The molecule has 0 atom stereocenters. The zero-order valence-electron chi connectivity index (χ0n) is 16.1. The summed E-state index contributed by atoms with van der Waals surface area (Å²) in [4.78, 5) is 11.0. The average molecular weight is 362 g/mol. The Morgan fingerprint density at radius 2 is 1.85 bits per heavy atom. The molecule has 0 spiro atoms. The van der Waals surface area contributed by atoms with Crippen molar-refractivity contribution in [2.45, 2.75) is 13.0 Å². The minimum Gasteiger partial charge on any atom is -0.496 e. The number of aliphatic imine (C=N–C) groups is 1. The lowest BCUT2D eigenvalue weighted by Crippen LogP contribution is -2.39. The fraction of sp³-hybridized carbons (Fsp3) is 0.273. The molecule has 1 N–H and O–H groups in total. The smallest absolute Gasteiger partial charge is 0.193 e. The number of nitrogens with zero attached hydrogens (tertiary/aromatic N) is 3. The summed E-state index contributed by atoms with van der Waals surface area (Å²) in [6.45, 7) is 1.51. The first-order valence-corrected chi connectivity index (χ1v) is 9.09. The zero-order valence-corrected chi connectivity index (χ0v) is 16.1. The molecule has 0 saturated carbocycles. The number of aromatic nitrogens is 1. The van der Waals surface area contributed by atoms with E-state index in [1.165, 1.54) is 10.9 Å². The van der Waals surface area contributed by atoms with Gasteiger partial charge in [0.25, 0.3) is 0 Å². The second kappa shape index (κ2) is 9.03. The van der Waals surface area contributed by atoms with E-state index < -0.39 is 0 Å². The van der Waals surface area contributed by atoms with E-state index in [-0.39, 0.29) is 0 Å². The molecular weight excluding hydrogens is 336 g/mol. The van der Waals surface area contributed by atoms with Crippen LogP contribution in [-0.2, 0) is 13.0 Å². The summed E-state index contributed by atoms with van der Waals surface area (Å²) in [5, 5.41) is 4.62. The number of hydrogen-bond donors (Lipinski definition) is 1. The predicted molar refractivity (Wildman–Crippen MR) is 111 cm³/mol. The highest BCUT2D eigenvalue weighted by molar-refractivity contribution is 5.82. The van der Waals surface area contributed by atoms with Crippen molar-refractivity contribution in [2.24, 2.45) is 4.99 Å². The molecule has 27 heavy (non-hydrogen) atoms. The summed E-state index contributed by atoms with van der Waals surface area (Å²) in [6, 6.07) is 18.4. The van der Waals surface area contributed by atoms with Crippen molar-refractivity contribution >= 4 is 16.9 Å². The Labute approximate surface area is 160 Å². The van der Waals surface area contributed by atoms with Gasteiger partial charge in [0.05, 0.1) is 12.6 Å². The maximum Gasteiger partial charge on any atom is 0.193 e. The number of fused-ring (bicyclic) bond motifs is 1. The van der Waals surface area contributed by atoms with Crippen molar-refractivity contribution in [3.05, 3.63) is 71.9 Å². The van der Waals surface area contributed by atoms with Crippen molar-refractivity contribution < 1.29 is 4.74 Å². The number of para-hydroxylation sites is 2. The van der Waals surface area contributed by atoms with Gasteiger partial charge in [-0.15, -0.1) is 0 Å². The maximum absolute atomic E-state index is 5.45. The largest absolute Gasteiger partial charge is 0.496 e. The first-order valence-electron chi connectivity index (χ1n) is 9.09. The Kier molecular flexibility index (Phi) is 6.26. The molecule has 3 aromatic rings. The number of nitrogens with one attached hydrogen (secondary N) is 1. The highest BCUT2D eigenvalue weighted by Crippen LogP contribution is 2.19. The fourth-order valence-corrected chi connectivity index (χ4v) is 3.23. The first kappa shape index (κ1) is 18.7. The molecule has 0 fully saturated rings. The number of benzene rings is 2. The van der Waals surface area contributed by atoms with Gasteiger partial charge >= 0.3 is 0 Å². The maximum atomic E-state index is 5.45. The lowest BCUT2D eigenvalue weighted by molar-refractivity contribution is 0.396. The zero-order chi connectivity index (χ0) is 19.1. The van der Waals surface area contributed by atoms with E-state index in [9.17, 15) is 0 Å². The van der Waals surface area contributed by atoms with Crippen LogP contribution in [0.5, 0.6) is 5.75 Å². The average Bonchev–Trinajstić information content (AvgIpc) is 2.71. The number of guanidine groups is 1. The van der Waals surface area contributed by atoms with Crippen LogP contribution in [0.15, 0.2) is 65.8 Å². The van der Waals surface area contributed by atoms with Gasteiger partial charge in [-0.1, -0.05) is 42.5 Å². The van der Waals surface area contributed by atoms with E-state index in [0.29, 0.717) is 0 Å². The second-order valence-corrected chi connectivity index (χ2v) is 6.38. The molecule has 0 radical (unpaired) electrons. The number of hydrogen-bond acceptors (Lipinski definition) is 3. The highest BCUT2D eigenvalue weighted by Gasteiger charge is 2.10. The molecule has 0 aliphatic carbocycles. The third-order valence-corrected chi connectivity index (χ3v) is 4.57. The highest BCUT2D eigenvalue weighted by atomic mass is 16.5. The Balaban J connectivity index is 1.62. The van der Waals surface area contributed by atoms with Crippen LogP contribution in [-0.4, -0.2) is 43.6 Å². The van der Waals surface area contributed by atoms with Crippen LogP contribution >= 0.6 is 0 Å². The third kappa shape index (κ3) is 4.56. The molecule has 3 rings (SSSR count). The van der Waals surface area contributed by atoms with Crippen LogP contribution in [0.25, 0.3) is 10.9 Å². The van der Waals surface area contributed by atoms with Gasteiger partial charge in [-0.25, -0.2) is 0 Å². The van der Waals surface area contributed by atoms with Gasteiger partial charge in [0.1, 0.15) is 5.75 Å². The minimum atomic E-state index is 0.722. The van der Waals surface area contributed by atoms with E-state index in [4.69, 9.17) is 4.74 Å². The van der Waals surface area contributed by atoms with Crippen LogP contribution < -0.4 is 10.1 Å². The molecule has 140 valence electrons. The first-order chi connectivity index (χ1) is 13.2. The van der Waals surface area contributed by atoms with Crippen molar-refractivity contribution in [2.75, 3.05) is 27.7 Å². The van der Waals surface area contributed by atoms with E-state index in [1.54, 1.807) is 14.2 Å². The monoisotopic (exact) mass is 362 g/mol. The molecular formula is C22H26N4O. The normalized spacial score (nSPS) is 11.4. The molecule has 0 amide bonds. The van der Waals surface area contributed by atoms with Gasteiger partial charge in [-0.05, 0) is 24.1 Å². The molecule has 0 saturated heterocycles. The molecule has 1 heterocycles. The molecule has 0 unspecified atom stereocenters. The quantitative estimate of drug-likeness (QED) is 0.539. The van der Waals surface area contributed by atoms with Gasteiger partial charge in [0.15, 0.2) is 5.96 Å². The van der Waals surface area contributed by atoms with Gasteiger partial charge in [-0.3, -0.25) is 9.98 Å². The van der Waals surface area contributed by atoms with E-state index in [1.807, 2.05) is 37.5 Å². The standard InChI is InChI=1S/C22H26N4O/c1-23-22(26(2)16-19-8-4-5-12-20(19)27-3)25-15-13-18-10-6-9-17-11-7-14-24-21(17)18/h4-12,14H,13,15-16H2,1-3H3,(H,23,25). The lowest BCUT2D eigenvalue weighted by atomic mass is 10.1. The number of pyridine rings is 1. The van der Waals surface area contributed by atoms with Crippen LogP contribution in [0.4, 0.5) is 0 Å². The summed E-state index contributed by atoms with van der Waals surface area (Å²) < 4.78 is 5.45. The van der Waals surface area contributed by atoms with Crippen molar-refractivity contribution in [1.82, 2.24) is 15.2 Å². The van der Waals surface area contributed by atoms with Crippen LogP contribution in [0, 0.1) is 0 Å². The summed E-state index contributed by atoms with van der Waals surface area (Å²) in [5.74, 6) is 1.75. The Bertz CT molecular complexity index is 918. The van der Waals surface area contributed by atoms with Gasteiger partial charge < -0.3 is 15.0 Å². The van der Waals surface area contributed by atoms with Crippen molar-refractivity contribution in [3.8, 4) is 5.75 Å². The Morgan fingerprint density at radius 1 is 1.07 bits per heavy atom. The Hall–Kier alpha value is -3.08. The molecule has 0 bridgehead atoms. The van der Waals surface area contributed by atoms with Gasteiger partial charge in [-0.2, -0.15) is 0 Å². The number of ether oxygens (including phenoxy) is 1. The molecule has 5 nitrogen and oxygen atoms in total. The van der Waals surface area contributed by atoms with Crippen LogP contribution in [0.3, 0.4) is 0 Å². The molecule has 2 aromatic carbocycles. The van der Waals surface area contributed by atoms with Crippen molar-refractivity contribution in [1.29, 1.82) is 0 Å². The lowest BCUT2D eigenvalue weighted by Gasteiger charge is -2.23. The molecule has 0 aliphatic rings. The number of methoxy groups -OCH3 is 1. The van der Waals surface area contributed by atoms with Gasteiger partial charge in [0, 0.05) is 44.3 Å². The van der Waals surface area contributed by atoms with E-state index >= 15 is 0 Å². The molecule has 0 aliphatic heterocycles. The summed E-state index contributed by atoms with van der Waals surface area (Å²) in [6.07, 6.45) is 2.73. The molecule has 5 heteroatoms. The van der Waals surface area contributed by atoms with E-state index in [0.717, 1.165) is 42.3 Å². The summed E-state index contributed by atoms with van der Waals surface area (Å²) >= 11 is 0. The third-order valence-electron chi connectivity index (χ3n) is 4.57. The summed E-state index contributed by atoms with van der Waals surface area (Å²) in [7, 11) is 5.53. The minimum absolute atomic E-state index is 0.722. The number of rotatable bonds is 6. The van der Waals surface area contributed by atoms with Crippen LogP contribution in [0.2, 0.25) is 0 Å². The van der Waals surface area contributed by atoms with E-state index in [2.05, 4.69) is 50.5 Å². The van der Waals surface area contributed by atoms with Gasteiger partial charge in [0.2, 0.25) is 0 Å². The molecule has 1 aromatic heterocycles. The van der Waals surface area contributed by atoms with Crippen molar-refractivity contribution in [3.63, 3.8) is 0 Å². The predicted octanol–water partition coefficient (Wildman–Crippen LogP) is 3.49. The second-order valence-electron chi connectivity index (χ2n) is 6.38.